The molecule has 2 saturated heterocycles. The van der Waals surface area contributed by atoms with Crippen molar-refractivity contribution in [1.29, 1.82) is 0 Å². The monoisotopic (exact) mass is 236 g/mol. The molecule has 0 bridgehead atoms. The van der Waals surface area contributed by atoms with Crippen LogP contribution in [0.1, 0.15) is 22.5 Å². The minimum absolute atomic E-state index is 0.221. The van der Waals surface area contributed by atoms with Gasteiger partial charge in [0.25, 0.3) is 5.91 Å². The molecule has 0 radical (unpaired) electrons. The van der Waals surface area contributed by atoms with Crippen molar-refractivity contribution in [3.8, 4) is 0 Å². The summed E-state index contributed by atoms with van der Waals surface area (Å²) in [5, 5.41) is 5.34. The molecule has 16 heavy (non-hydrogen) atoms. The second-order valence-electron chi connectivity index (χ2n) is 4.89. The fourth-order valence-electron chi connectivity index (χ4n) is 2.74. The Hall–Kier alpha value is -0.870. The minimum atomic E-state index is 0.221. The van der Waals surface area contributed by atoms with Gasteiger partial charge in [-0.15, -0.1) is 11.3 Å². The van der Waals surface area contributed by atoms with Crippen LogP contribution in [0.5, 0.6) is 0 Å². The number of nitrogens with zero attached hydrogens (tertiary/aromatic N) is 1. The van der Waals surface area contributed by atoms with Crippen LogP contribution in [0.25, 0.3) is 0 Å². The van der Waals surface area contributed by atoms with Gasteiger partial charge >= 0.3 is 0 Å². The van der Waals surface area contributed by atoms with E-state index in [-0.39, 0.29) is 5.91 Å². The summed E-state index contributed by atoms with van der Waals surface area (Å²) in [5.74, 6) is 0.221. The van der Waals surface area contributed by atoms with Gasteiger partial charge in [-0.05, 0) is 37.4 Å². The summed E-state index contributed by atoms with van der Waals surface area (Å²) < 4.78 is 0. The zero-order chi connectivity index (χ0) is 11.0. The highest BCUT2D eigenvalue weighted by atomic mass is 32.1. The molecule has 4 heteroatoms. The summed E-state index contributed by atoms with van der Waals surface area (Å²) in [6.07, 6.45) is 2.45. The molecule has 2 fully saturated rings. The van der Waals surface area contributed by atoms with Gasteiger partial charge in [-0.3, -0.25) is 4.79 Å². The highest BCUT2D eigenvalue weighted by Crippen LogP contribution is 2.39. The van der Waals surface area contributed by atoms with Crippen molar-refractivity contribution in [2.75, 3.05) is 26.2 Å². The Labute approximate surface area is 99.5 Å². The number of hydrogen-bond donors (Lipinski definition) is 1. The maximum Gasteiger partial charge on any atom is 0.263 e. The Morgan fingerprint density at radius 3 is 2.75 bits per heavy atom. The first-order valence-corrected chi connectivity index (χ1v) is 6.71. The van der Waals surface area contributed by atoms with E-state index in [4.69, 9.17) is 0 Å². The van der Waals surface area contributed by atoms with Crippen LogP contribution in [0.4, 0.5) is 0 Å². The normalized spacial score (nSPS) is 23.1. The van der Waals surface area contributed by atoms with Gasteiger partial charge in [0.05, 0.1) is 4.88 Å². The highest BCUT2D eigenvalue weighted by Gasteiger charge is 2.45. The fraction of sp³-hybridized carbons (Fsp3) is 0.583. The molecule has 86 valence electrons. The second-order valence-corrected chi connectivity index (χ2v) is 5.84. The zero-order valence-electron chi connectivity index (χ0n) is 9.24. The topological polar surface area (TPSA) is 32.3 Å². The molecule has 1 aromatic heterocycles. The van der Waals surface area contributed by atoms with Gasteiger partial charge in [0, 0.05) is 18.5 Å². The maximum absolute atomic E-state index is 12.0. The number of carbonyl (C=O) groups is 1. The van der Waals surface area contributed by atoms with Crippen molar-refractivity contribution in [2.45, 2.75) is 12.8 Å². The van der Waals surface area contributed by atoms with Crippen LogP contribution in [0.15, 0.2) is 17.5 Å². The standard InChI is InChI=1S/C12H16N2OS/c15-11(10-2-1-7-16-10)14-8-12(9-14)3-5-13-6-4-12/h1-2,7,13H,3-6,8-9H2. The summed E-state index contributed by atoms with van der Waals surface area (Å²) in [6.45, 7) is 4.15. The second kappa shape index (κ2) is 3.86. The van der Waals surface area contributed by atoms with Crippen LogP contribution < -0.4 is 5.32 Å². The molecule has 0 unspecified atom stereocenters. The van der Waals surface area contributed by atoms with Crippen LogP contribution in [-0.4, -0.2) is 37.0 Å². The quantitative estimate of drug-likeness (QED) is 0.803. The molecule has 0 aliphatic carbocycles. The van der Waals surface area contributed by atoms with E-state index in [1.807, 2.05) is 22.4 Å². The van der Waals surface area contributed by atoms with E-state index in [0.29, 0.717) is 5.41 Å². The molecule has 2 aliphatic heterocycles. The fourth-order valence-corrected chi connectivity index (χ4v) is 3.43. The van der Waals surface area contributed by atoms with E-state index in [0.717, 1.165) is 31.1 Å². The Morgan fingerprint density at radius 1 is 1.38 bits per heavy atom. The van der Waals surface area contributed by atoms with Crippen LogP contribution in [0, 0.1) is 5.41 Å². The number of likely N-dealkylation sites (tertiary alicyclic amines) is 1. The van der Waals surface area contributed by atoms with Crippen LogP contribution in [-0.2, 0) is 0 Å². The number of hydrogen-bond acceptors (Lipinski definition) is 3. The van der Waals surface area contributed by atoms with Gasteiger partial charge in [-0.25, -0.2) is 0 Å². The van der Waals surface area contributed by atoms with E-state index in [9.17, 15) is 4.79 Å². The summed E-state index contributed by atoms with van der Waals surface area (Å²) >= 11 is 1.54. The lowest BCUT2D eigenvalue weighted by Gasteiger charge is -2.52. The van der Waals surface area contributed by atoms with Crippen molar-refractivity contribution in [1.82, 2.24) is 10.2 Å². The van der Waals surface area contributed by atoms with Gasteiger partial charge in [-0.2, -0.15) is 0 Å². The lowest BCUT2D eigenvalue weighted by atomic mass is 9.72. The van der Waals surface area contributed by atoms with Crippen LogP contribution in [0.2, 0.25) is 0 Å². The molecule has 3 nitrogen and oxygen atoms in total. The highest BCUT2D eigenvalue weighted by molar-refractivity contribution is 7.12. The predicted molar refractivity (Wildman–Crippen MR) is 64.8 cm³/mol. The van der Waals surface area contributed by atoms with Crippen molar-refractivity contribution >= 4 is 17.2 Å². The summed E-state index contributed by atoms with van der Waals surface area (Å²) in [4.78, 5) is 14.9. The minimum Gasteiger partial charge on any atom is -0.337 e. The molecule has 0 saturated carbocycles. The van der Waals surface area contributed by atoms with Crippen molar-refractivity contribution < 1.29 is 4.79 Å². The van der Waals surface area contributed by atoms with Gasteiger partial charge in [-0.1, -0.05) is 6.07 Å². The van der Waals surface area contributed by atoms with Crippen LogP contribution >= 0.6 is 11.3 Å². The first-order valence-electron chi connectivity index (χ1n) is 5.83. The SMILES string of the molecule is O=C(c1cccs1)N1CC2(CCNCC2)C1. The largest absolute Gasteiger partial charge is 0.337 e. The third-order valence-corrected chi connectivity index (χ3v) is 4.59. The summed E-state index contributed by atoms with van der Waals surface area (Å²) in [5.41, 5.74) is 0.443. The first-order chi connectivity index (χ1) is 7.79. The van der Waals surface area contributed by atoms with E-state index in [2.05, 4.69) is 5.32 Å². The zero-order valence-corrected chi connectivity index (χ0v) is 10.1. The average Bonchev–Trinajstić information content (AvgIpc) is 2.79. The third kappa shape index (κ3) is 1.66. The van der Waals surface area contributed by atoms with Gasteiger partial charge in [0.2, 0.25) is 0 Å². The number of thiophene rings is 1. The van der Waals surface area contributed by atoms with Crippen LogP contribution in [0.3, 0.4) is 0 Å². The Kier molecular flexibility index (Phi) is 2.48. The number of amides is 1. The smallest absolute Gasteiger partial charge is 0.263 e. The van der Waals surface area contributed by atoms with Crippen molar-refractivity contribution in [2.24, 2.45) is 5.41 Å². The number of carbonyl (C=O) groups excluding carboxylic acids is 1. The number of nitrogens with one attached hydrogen (secondary N) is 1. The Bertz CT molecular complexity index is 374. The molecular formula is C12H16N2OS. The third-order valence-electron chi connectivity index (χ3n) is 3.74. The van der Waals surface area contributed by atoms with Gasteiger partial charge < -0.3 is 10.2 Å². The Balaban J connectivity index is 1.62. The molecule has 1 amide bonds. The molecular weight excluding hydrogens is 220 g/mol. The van der Waals surface area contributed by atoms with Crippen molar-refractivity contribution in [3.05, 3.63) is 22.4 Å². The molecule has 3 rings (SSSR count). The summed E-state index contributed by atoms with van der Waals surface area (Å²) in [7, 11) is 0. The molecule has 2 aliphatic rings. The van der Waals surface area contributed by atoms with Gasteiger partial charge in [0.1, 0.15) is 0 Å². The number of piperidine rings is 1. The molecule has 1 N–H and O–H groups in total. The number of rotatable bonds is 1. The molecule has 1 spiro atoms. The lowest BCUT2D eigenvalue weighted by Crippen LogP contribution is -2.61. The van der Waals surface area contributed by atoms with Crippen molar-refractivity contribution in [3.63, 3.8) is 0 Å². The summed E-state index contributed by atoms with van der Waals surface area (Å²) in [6, 6.07) is 3.86. The average molecular weight is 236 g/mol. The Morgan fingerprint density at radius 2 is 2.12 bits per heavy atom. The molecule has 0 atom stereocenters. The predicted octanol–water partition coefficient (Wildman–Crippen LogP) is 1.57. The molecule has 3 heterocycles. The van der Waals surface area contributed by atoms with E-state index < -0.39 is 0 Å². The molecule has 0 aromatic carbocycles. The lowest BCUT2D eigenvalue weighted by molar-refractivity contribution is -0.0110. The first kappa shape index (κ1) is 10.3. The van der Waals surface area contributed by atoms with E-state index in [1.165, 1.54) is 12.8 Å². The maximum atomic E-state index is 12.0. The van der Waals surface area contributed by atoms with Gasteiger partial charge in [0.15, 0.2) is 0 Å². The van der Waals surface area contributed by atoms with E-state index in [1.54, 1.807) is 11.3 Å². The van der Waals surface area contributed by atoms with E-state index >= 15 is 0 Å². The molecule has 1 aromatic rings.